The molecule has 0 fully saturated rings. The second-order valence-corrected chi connectivity index (χ2v) is 11.0. The van der Waals surface area contributed by atoms with E-state index in [1.54, 1.807) is 0 Å². The summed E-state index contributed by atoms with van der Waals surface area (Å²) < 4.78 is 6.22. The van der Waals surface area contributed by atoms with Crippen molar-refractivity contribution in [3.8, 4) is 33.4 Å². The van der Waals surface area contributed by atoms with Crippen molar-refractivity contribution < 1.29 is 4.42 Å². The lowest BCUT2D eigenvalue weighted by molar-refractivity contribution is 0.669. The molecule has 1 heterocycles. The summed E-state index contributed by atoms with van der Waals surface area (Å²) in [5, 5.41) is 6.16. The molecule has 0 radical (unpaired) electrons. The Morgan fingerprint density at radius 3 is 2.05 bits per heavy atom. The van der Waals surface area contributed by atoms with Gasteiger partial charge in [0.1, 0.15) is 11.2 Å². The molecule has 0 saturated carbocycles. The molecule has 1 aromatic heterocycles. The lowest BCUT2D eigenvalue weighted by Gasteiger charge is -2.20. The summed E-state index contributed by atoms with van der Waals surface area (Å²) in [4.78, 5) is 0. The third-order valence-corrected chi connectivity index (χ3v) is 8.71. The van der Waals surface area contributed by atoms with E-state index in [0.29, 0.717) is 0 Å². The van der Waals surface area contributed by atoms with Gasteiger partial charge in [-0.05, 0) is 89.0 Å². The Balaban J connectivity index is 1.29. The quantitative estimate of drug-likeness (QED) is 0.246. The maximum absolute atomic E-state index is 6.22. The van der Waals surface area contributed by atoms with Crippen molar-refractivity contribution in [2.75, 3.05) is 5.32 Å². The molecular formula is C39H29NO. The molecule has 1 aliphatic carbocycles. The molecule has 0 amide bonds. The summed E-state index contributed by atoms with van der Waals surface area (Å²) in [7, 11) is 0. The molecule has 7 aromatic rings. The Labute approximate surface area is 239 Å². The minimum atomic E-state index is 0.907. The van der Waals surface area contributed by atoms with Gasteiger partial charge in [-0.2, -0.15) is 0 Å². The number of para-hydroxylation sites is 3. The molecule has 0 unspecified atom stereocenters. The van der Waals surface area contributed by atoms with Gasteiger partial charge in [-0.3, -0.25) is 0 Å². The lowest BCUT2D eigenvalue weighted by atomic mass is 9.88. The van der Waals surface area contributed by atoms with Crippen molar-refractivity contribution in [1.29, 1.82) is 0 Å². The number of hydrogen-bond donors (Lipinski definition) is 1. The van der Waals surface area contributed by atoms with Crippen molar-refractivity contribution in [2.45, 2.75) is 20.3 Å². The average Bonchev–Trinajstić information content (AvgIpc) is 3.57. The van der Waals surface area contributed by atoms with Crippen molar-refractivity contribution in [3.05, 3.63) is 144 Å². The van der Waals surface area contributed by atoms with E-state index in [0.717, 1.165) is 50.9 Å². The van der Waals surface area contributed by atoms with Gasteiger partial charge in [-0.15, -0.1) is 0 Å². The summed E-state index contributed by atoms with van der Waals surface area (Å²) >= 11 is 0. The minimum Gasteiger partial charge on any atom is -0.456 e. The SMILES string of the molecule is Cc1cc2c(c(-c3ccccc3Nc3ccccc3-c3cccc4oc5ccccc5c34)c1C)Cc1ccccc1-2. The largest absolute Gasteiger partial charge is 0.456 e. The zero-order valence-corrected chi connectivity index (χ0v) is 23.2. The van der Waals surface area contributed by atoms with Crippen LogP contribution in [0.5, 0.6) is 0 Å². The summed E-state index contributed by atoms with van der Waals surface area (Å²) in [6, 6.07) is 43.2. The zero-order valence-electron chi connectivity index (χ0n) is 23.2. The molecule has 1 N–H and O–H groups in total. The molecule has 0 aliphatic heterocycles. The van der Waals surface area contributed by atoms with Crippen molar-refractivity contribution in [1.82, 2.24) is 0 Å². The highest BCUT2D eigenvalue weighted by atomic mass is 16.3. The fraction of sp³-hybridized carbons (Fsp3) is 0.0769. The van der Waals surface area contributed by atoms with Crippen LogP contribution in [0.1, 0.15) is 22.3 Å². The van der Waals surface area contributed by atoms with Crippen LogP contribution in [0.2, 0.25) is 0 Å². The molecular weight excluding hydrogens is 498 g/mol. The van der Waals surface area contributed by atoms with E-state index < -0.39 is 0 Å². The van der Waals surface area contributed by atoms with Crippen molar-refractivity contribution in [2.24, 2.45) is 0 Å². The molecule has 0 bridgehead atoms. The Morgan fingerprint density at radius 2 is 1.20 bits per heavy atom. The maximum Gasteiger partial charge on any atom is 0.136 e. The van der Waals surface area contributed by atoms with Gasteiger partial charge >= 0.3 is 0 Å². The normalized spacial score (nSPS) is 12.0. The van der Waals surface area contributed by atoms with Crippen LogP contribution in [0, 0.1) is 13.8 Å². The van der Waals surface area contributed by atoms with E-state index in [-0.39, 0.29) is 0 Å². The molecule has 196 valence electrons. The van der Waals surface area contributed by atoms with E-state index >= 15 is 0 Å². The minimum absolute atomic E-state index is 0.907. The Morgan fingerprint density at radius 1 is 0.561 bits per heavy atom. The van der Waals surface area contributed by atoms with Crippen LogP contribution in [0.3, 0.4) is 0 Å². The second kappa shape index (κ2) is 9.25. The highest BCUT2D eigenvalue weighted by Crippen LogP contribution is 2.47. The molecule has 8 rings (SSSR count). The first kappa shape index (κ1) is 23.8. The summed E-state index contributed by atoms with van der Waals surface area (Å²) in [6.45, 7) is 4.50. The molecule has 41 heavy (non-hydrogen) atoms. The molecule has 0 saturated heterocycles. The fourth-order valence-electron chi connectivity index (χ4n) is 6.67. The predicted octanol–water partition coefficient (Wildman–Crippen LogP) is 10.9. The Bertz CT molecular complexity index is 2130. The molecule has 2 nitrogen and oxygen atoms in total. The summed E-state index contributed by atoms with van der Waals surface area (Å²) in [6.07, 6.45) is 0.961. The molecule has 1 aliphatic rings. The smallest absolute Gasteiger partial charge is 0.136 e. The number of fused-ring (bicyclic) bond motifs is 6. The topological polar surface area (TPSA) is 25.2 Å². The fourth-order valence-corrected chi connectivity index (χ4v) is 6.67. The third kappa shape index (κ3) is 3.72. The predicted molar refractivity (Wildman–Crippen MR) is 172 cm³/mol. The number of anilines is 2. The number of nitrogens with one attached hydrogen (secondary N) is 1. The summed E-state index contributed by atoms with van der Waals surface area (Å²) in [5.74, 6) is 0. The van der Waals surface area contributed by atoms with Gasteiger partial charge in [0, 0.05) is 33.3 Å². The van der Waals surface area contributed by atoms with E-state index in [1.165, 1.54) is 44.5 Å². The zero-order chi connectivity index (χ0) is 27.5. The first-order valence-corrected chi connectivity index (χ1v) is 14.2. The first-order valence-electron chi connectivity index (χ1n) is 14.2. The Hall–Kier alpha value is -5.08. The monoisotopic (exact) mass is 527 g/mol. The van der Waals surface area contributed by atoms with Crippen LogP contribution in [-0.4, -0.2) is 0 Å². The van der Waals surface area contributed by atoms with E-state index in [2.05, 4.69) is 128 Å². The molecule has 2 heteroatoms. The first-order chi connectivity index (χ1) is 20.2. The van der Waals surface area contributed by atoms with Crippen LogP contribution in [0.4, 0.5) is 11.4 Å². The van der Waals surface area contributed by atoms with Gasteiger partial charge in [-0.1, -0.05) is 97.1 Å². The highest BCUT2D eigenvalue weighted by molar-refractivity contribution is 6.13. The van der Waals surface area contributed by atoms with Gasteiger partial charge in [-0.25, -0.2) is 0 Å². The number of furan rings is 1. The molecule has 0 atom stereocenters. The summed E-state index contributed by atoms with van der Waals surface area (Å²) in [5.41, 5.74) is 17.1. The molecule has 6 aromatic carbocycles. The third-order valence-electron chi connectivity index (χ3n) is 8.71. The van der Waals surface area contributed by atoms with E-state index in [9.17, 15) is 0 Å². The number of hydrogen-bond acceptors (Lipinski definition) is 2. The van der Waals surface area contributed by atoms with Gasteiger partial charge in [0.05, 0.1) is 0 Å². The van der Waals surface area contributed by atoms with Gasteiger partial charge < -0.3 is 9.73 Å². The van der Waals surface area contributed by atoms with Crippen LogP contribution in [0.25, 0.3) is 55.3 Å². The van der Waals surface area contributed by atoms with Gasteiger partial charge in [0.2, 0.25) is 0 Å². The average molecular weight is 528 g/mol. The van der Waals surface area contributed by atoms with E-state index in [1.807, 2.05) is 12.1 Å². The maximum atomic E-state index is 6.22. The van der Waals surface area contributed by atoms with Gasteiger partial charge in [0.25, 0.3) is 0 Å². The number of benzene rings is 6. The Kier molecular flexibility index (Phi) is 5.36. The standard InChI is InChI=1S/C39H29NO/c1-24-22-32-27-13-4-3-12-26(27)23-33(32)38(25(24)2)30-15-6-9-19-35(30)40-34-18-8-5-14-28(34)29-17-11-21-37-39(29)31-16-7-10-20-36(31)41-37/h3-22,40H,23H2,1-2H3. The van der Waals surface area contributed by atoms with Crippen LogP contribution < -0.4 is 5.32 Å². The van der Waals surface area contributed by atoms with E-state index in [4.69, 9.17) is 4.42 Å². The van der Waals surface area contributed by atoms with Gasteiger partial charge in [0.15, 0.2) is 0 Å². The van der Waals surface area contributed by atoms with Crippen molar-refractivity contribution >= 4 is 33.3 Å². The number of aryl methyl sites for hydroxylation is 1. The highest BCUT2D eigenvalue weighted by Gasteiger charge is 2.25. The van der Waals surface area contributed by atoms with Crippen LogP contribution >= 0.6 is 0 Å². The van der Waals surface area contributed by atoms with Crippen LogP contribution in [0.15, 0.2) is 126 Å². The van der Waals surface area contributed by atoms with Crippen molar-refractivity contribution in [3.63, 3.8) is 0 Å². The van der Waals surface area contributed by atoms with Crippen LogP contribution in [-0.2, 0) is 6.42 Å². The molecule has 0 spiro atoms. The second-order valence-electron chi connectivity index (χ2n) is 11.0. The lowest BCUT2D eigenvalue weighted by Crippen LogP contribution is -2.00. The number of rotatable bonds is 4.